The lowest BCUT2D eigenvalue weighted by Crippen LogP contribution is -2.41. The largest absolute Gasteiger partial charge is 0.442 e. The molecule has 0 saturated carbocycles. The molecule has 5 amide bonds. The highest BCUT2D eigenvalue weighted by atomic mass is 16.7. The van der Waals surface area contributed by atoms with Crippen LogP contribution < -0.4 is 11.1 Å². The molecule has 1 saturated heterocycles. The summed E-state index contributed by atoms with van der Waals surface area (Å²) < 4.78 is 5.88. The maximum atomic E-state index is 13.4. The van der Waals surface area contributed by atoms with Crippen molar-refractivity contribution in [2.75, 3.05) is 25.0 Å². The molecule has 1 fully saturated rings. The molecule has 2 atom stereocenters. The number of hydrogen-bond donors (Lipinski definition) is 2. The van der Waals surface area contributed by atoms with E-state index in [2.05, 4.69) is 15.3 Å². The molecule has 1 aliphatic carbocycles. The third-order valence-corrected chi connectivity index (χ3v) is 10.5. The lowest BCUT2D eigenvalue weighted by Gasteiger charge is -2.32. The number of carbonyl (C=O) groups excluding carboxylic acids is 6. The average Bonchev–Trinajstić information content (AvgIpc) is 3.38. The van der Waals surface area contributed by atoms with Crippen LogP contribution in [0.3, 0.4) is 0 Å². The summed E-state index contributed by atoms with van der Waals surface area (Å²) in [6.45, 7) is 7.72. The van der Waals surface area contributed by atoms with Gasteiger partial charge < -0.3 is 30.4 Å². The molecule has 1 aromatic carbocycles. The number of nitrogens with two attached hydrogens (primary N) is 1. The van der Waals surface area contributed by atoms with Gasteiger partial charge in [-0.15, -0.1) is 5.06 Å². The highest BCUT2D eigenvalue weighted by molar-refractivity contribution is 6.08. The van der Waals surface area contributed by atoms with Crippen LogP contribution in [0.15, 0.2) is 53.2 Å². The number of nitrogens with zero attached hydrogens (tertiary/aromatic N) is 5. The molecule has 15 nitrogen and oxygen atoms in total. The molecule has 6 rings (SSSR count). The van der Waals surface area contributed by atoms with E-state index in [-0.39, 0.29) is 43.5 Å². The standard InChI is InChI=1S/C41H49N7O8/c1-4-17-46(18-5-2)38(52)28-20-26-9-10-27(22-33(26)45-34(42)23-28)37(51)44-30-21-29-25-47(19-14-32(29)43-24-30)40(54)55-31-8-6-7-15-41(3,16-13-31)39(53)56-48-35(49)11-12-36(48)50/h6,8-10,20-22,24,31H,4-5,7,11-19,23,25H2,1-3H3,(H2,42,45)(H,44,51)/b8-6+/t31-,41+/m0/s1. The van der Waals surface area contributed by atoms with Crippen LogP contribution in [0.1, 0.15) is 106 Å². The van der Waals surface area contributed by atoms with Gasteiger partial charge >= 0.3 is 12.1 Å². The van der Waals surface area contributed by atoms with Gasteiger partial charge in [0.2, 0.25) is 5.91 Å². The number of hydrogen-bond acceptors (Lipinski definition) is 11. The van der Waals surface area contributed by atoms with Crippen LogP contribution in [0, 0.1) is 5.41 Å². The van der Waals surface area contributed by atoms with E-state index in [1.807, 2.05) is 30.9 Å². The van der Waals surface area contributed by atoms with Gasteiger partial charge in [-0.05, 0) is 81.4 Å². The van der Waals surface area contributed by atoms with Gasteiger partial charge in [0.05, 0.1) is 29.5 Å². The first-order valence-corrected chi connectivity index (χ1v) is 19.3. The number of ether oxygens (including phenoxy) is 1. The number of aromatic nitrogens is 1. The third kappa shape index (κ3) is 9.15. The Hall–Kier alpha value is -5.86. The number of fused-ring (bicyclic) bond motifs is 2. The predicted molar refractivity (Wildman–Crippen MR) is 207 cm³/mol. The van der Waals surface area contributed by atoms with E-state index >= 15 is 0 Å². The Morgan fingerprint density at radius 1 is 1.04 bits per heavy atom. The van der Waals surface area contributed by atoms with Crippen LogP contribution in [-0.2, 0) is 41.7 Å². The van der Waals surface area contributed by atoms with E-state index in [4.69, 9.17) is 15.3 Å². The Kier molecular flexibility index (Phi) is 12.3. The monoisotopic (exact) mass is 767 g/mol. The molecular formula is C41H49N7O8. The second kappa shape index (κ2) is 17.3. The van der Waals surface area contributed by atoms with Crippen molar-refractivity contribution < 1.29 is 38.3 Å². The van der Waals surface area contributed by atoms with Crippen molar-refractivity contribution in [1.82, 2.24) is 19.8 Å². The van der Waals surface area contributed by atoms with Crippen LogP contribution in [0.4, 0.5) is 16.2 Å². The quantitative estimate of drug-likeness (QED) is 0.235. The zero-order valence-electron chi connectivity index (χ0n) is 32.2. The van der Waals surface area contributed by atoms with Gasteiger partial charge in [-0.3, -0.25) is 24.2 Å². The number of aliphatic imine (C=N–C) groups is 1. The van der Waals surface area contributed by atoms with Crippen LogP contribution in [-0.4, -0.2) is 87.1 Å². The fourth-order valence-electron chi connectivity index (χ4n) is 7.27. The molecule has 4 heterocycles. The van der Waals surface area contributed by atoms with Gasteiger partial charge in [-0.2, -0.15) is 0 Å². The van der Waals surface area contributed by atoms with Crippen molar-refractivity contribution in [2.24, 2.45) is 16.1 Å². The van der Waals surface area contributed by atoms with Gasteiger partial charge in [0.15, 0.2) is 0 Å². The Morgan fingerprint density at radius 3 is 2.52 bits per heavy atom. The van der Waals surface area contributed by atoms with E-state index in [0.29, 0.717) is 84.9 Å². The molecule has 0 spiro atoms. The molecule has 296 valence electrons. The van der Waals surface area contributed by atoms with Gasteiger partial charge in [0, 0.05) is 67.7 Å². The normalized spacial score (nSPS) is 21.3. The summed E-state index contributed by atoms with van der Waals surface area (Å²) in [5, 5.41) is 3.46. The van der Waals surface area contributed by atoms with Crippen molar-refractivity contribution in [1.29, 1.82) is 0 Å². The zero-order valence-corrected chi connectivity index (χ0v) is 32.2. The predicted octanol–water partition coefficient (Wildman–Crippen LogP) is 5.37. The number of hydroxylamine groups is 2. The Labute approximate surface area is 325 Å². The number of anilines is 1. The zero-order chi connectivity index (χ0) is 40.0. The van der Waals surface area contributed by atoms with Crippen LogP contribution >= 0.6 is 0 Å². The van der Waals surface area contributed by atoms with E-state index < -0.39 is 35.4 Å². The van der Waals surface area contributed by atoms with Crippen molar-refractivity contribution in [3.8, 4) is 0 Å². The summed E-state index contributed by atoms with van der Waals surface area (Å²) in [6, 6.07) is 6.87. The van der Waals surface area contributed by atoms with Crippen molar-refractivity contribution in [3.05, 3.63) is 70.6 Å². The number of imide groups is 1. The van der Waals surface area contributed by atoms with Gasteiger partial charge in [0.1, 0.15) is 11.9 Å². The Balaban J connectivity index is 1.07. The van der Waals surface area contributed by atoms with Crippen LogP contribution in [0.5, 0.6) is 0 Å². The van der Waals surface area contributed by atoms with Gasteiger partial charge in [-0.1, -0.05) is 26.0 Å². The summed E-state index contributed by atoms with van der Waals surface area (Å²) in [7, 11) is 0. The minimum atomic E-state index is -0.987. The molecule has 2 aromatic rings. The highest BCUT2D eigenvalue weighted by Crippen LogP contribution is 2.35. The Morgan fingerprint density at radius 2 is 1.79 bits per heavy atom. The summed E-state index contributed by atoms with van der Waals surface area (Å²) >= 11 is 0. The molecule has 3 N–H and O–H groups in total. The molecular weight excluding hydrogens is 718 g/mol. The molecule has 3 aliphatic heterocycles. The maximum Gasteiger partial charge on any atom is 0.410 e. The molecule has 0 bridgehead atoms. The number of amidine groups is 1. The molecule has 15 heteroatoms. The minimum Gasteiger partial charge on any atom is -0.442 e. The summed E-state index contributed by atoms with van der Waals surface area (Å²) in [6.07, 6.45) is 9.98. The minimum absolute atomic E-state index is 0.0141. The van der Waals surface area contributed by atoms with Crippen LogP contribution in [0.25, 0.3) is 6.08 Å². The molecule has 4 aliphatic rings. The second-order valence-electron chi connectivity index (χ2n) is 14.9. The Bertz CT molecular complexity index is 1990. The number of allylic oxidation sites excluding steroid dienone is 1. The molecule has 56 heavy (non-hydrogen) atoms. The molecule has 1 aromatic heterocycles. The average molecular weight is 768 g/mol. The number of pyridine rings is 1. The second-order valence-corrected chi connectivity index (χ2v) is 14.9. The fraction of sp³-hybridized carbons (Fsp3) is 0.463. The van der Waals surface area contributed by atoms with E-state index in [9.17, 15) is 28.8 Å². The van der Waals surface area contributed by atoms with Crippen molar-refractivity contribution in [3.63, 3.8) is 0 Å². The molecule has 0 radical (unpaired) electrons. The topological polar surface area (TPSA) is 194 Å². The molecule has 0 unspecified atom stereocenters. The first kappa shape index (κ1) is 39.8. The smallest absolute Gasteiger partial charge is 0.410 e. The highest BCUT2D eigenvalue weighted by Gasteiger charge is 2.41. The fourth-order valence-corrected chi connectivity index (χ4v) is 7.27. The first-order chi connectivity index (χ1) is 26.9. The SMILES string of the molecule is CCCN(CCC)C(=O)C1=Cc2ccc(C(=O)Nc3cnc4c(c3)CN(C(=O)O[C@H]3/C=C/CC[C@@](C)(C(=O)ON5C(=O)CCC5=O)CC3)CC4)cc2N=C(N)C1. The summed E-state index contributed by atoms with van der Waals surface area (Å²) in [5.41, 5.74) is 9.38. The van der Waals surface area contributed by atoms with Crippen molar-refractivity contribution in [2.45, 2.75) is 97.6 Å². The lowest BCUT2D eigenvalue weighted by atomic mass is 9.79. The number of benzene rings is 1. The van der Waals surface area contributed by atoms with Gasteiger partial charge in [0.25, 0.3) is 17.7 Å². The number of carbonyl (C=O) groups is 6. The van der Waals surface area contributed by atoms with Gasteiger partial charge in [-0.25, -0.2) is 14.6 Å². The van der Waals surface area contributed by atoms with Crippen LogP contribution in [0.2, 0.25) is 0 Å². The van der Waals surface area contributed by atoms with E-state index in [1.54, 1.807) is 48.4 Å². The maximum absolute atomic E-state index is 13.4. The number of amides is 5. The van der Waals surface area contributed by atoms with E-state index in [0.717, 1.165) is 24.1 Å². The van der Waals surface area contributed by atoms with E-state index in [1.165, 1.54) is 0 Å². The summed E-state index contributed by atoms with van der Waals surface area (Å²) in [4.78, 5) is 95.0. The first-order valence-electron chi connectivity index (χ1n) is 19.3. The van der Waals surface area contributed by atoms with Crippen molar-refractivity contribution >= 4 is 59.0 Å². The number of rotatable bonds is 10. The summed E-state index contributed by atoms with van der Waals surface area (Å²) in [5.74, 6) is -1.90. The lowest BCUT2D eigenvalue weighted by molar-refractivity contribution is -0.205. The number of nitrogens with one attached hydrogen (secondary N) is 1. The third-order valence-electron chi connectivity index (χ3n) is 10.5.